The maximum absolute atomic E-state index is 14.2. The molecule has 0 saturated carbocycles. The van der Waals surface area contributed by atoms with E-state index in [0.717, 1.165) is 200 Å². The second kappa shape index (κ2) is 77.8. The fourth-order valence-corrected chi connectivity index (χ4v) is 14.8. The van der Waals surface area contributed by atoms with Crippen LogP contribution in [0.3, 0.4) is 0 Å². The van der Waals surface area contributed by atoms with Crippen molar-refractivity contribution in [3.8, 4) is 0 Å². The van der Waals surface area contributed by atoms with E-state index in [2.05, 4.69) is 58.4 Å². The number of nitrogens with zero attached hydrogens (tertiary/aromatic N) is 2. The maximum Gasteiger partial charge on any atom is 0.306 e. The molecule has 5 unspecified atom stereocenters. The molecule has 0 heterocycles. The van der Waals surface area contributed by atoms with Crippen molar-refractivity contribution in [3.05, 3.63) is 0 Å². The van der Waals surface area contributed by atoms with Gasteiger partial charge >= 0.3 is 23.9 Å². The van der Waals surface area contributed by atoms with E-state index >= 15 is 0 Å². The average Bonchev–Trinajstić information content (AvgIpc) is 0.862. The standard InChI is InChI=1S/C88H172N2O10/c1-9-15-21-27-37-49-63-81(99-87(94)69-55-42-34-46-60-74-90(75-76-91)73-59-45-33-40-54-68-86(93)98-79-82(96-8)64-50-35-23-17-11-3)78-80(62-48-26-20-14-6)83(65-51-36-24-18-12-4)84(66-52-38-28-22-16-10-2)100-88(95)70-56-41-32-44-58-72-89(7)71-57-43-31-29-30-39-53-67-85(92)97-77-61-47-25-19-13-5/h80-84,91H,9-79H2,1-8H3. The van der Waals surface area contributed by atoms with Gasteiger partial charge in [-0.05, 0) is 154 Å². The Bertz CT molecular complexity index is 1720. The van der Waals surface area contributed by atoms with Gasteiger partial charge in [0.2, 0.25) is 0 Å². The number of hydrogen-bond donors (Lipinski definition) is 1. The summed E-state index contributed by atoms with van der Waals surface area (Å²) in [7, 11) is 3.98. The molecule has 0 aromatic rings. The van der Waals surface area contributed by atoms with Crippen molar-refractivity contribution < 1.29 is 48.0 Å². The third-order valence-electron chi connectivity index (χ3n) is 21.4. The van der Waals surface area contributed by atoms with E-state index in [-0.39, 0.29) is 54.7 Å². The number of aliphatic hydroxyl groups is 1. The molecule has 0 aliphatic carbocycles. The molecule has 594 valence electrons. The summed E-state index contributed by atoms with van der Waals surface area (Å²) in [5.41, 5.74) is 0. The van der Waals surface area contributed by atoms with Crippen LogP contribution < -0.4 is 0 Å². The van der Waals surface area contributed by atoms with Crippen LogP contribution in [0.4, 0.5) is 0 Å². The molecule has 0 radical (unpaired) electrons. The Kier molecular flexibility index (Phi) is 76.0. The van der Waals surface area contributed by atoms with Gasteiger partial charge < -0.3 is 38.6 Å². The molecule has 0 aromatic heterocycles. The summed E-state index contributed by atoms with van der Waals surface area (Å²) >= 11 is 0. The van der Waals surface area contributed by atoms with Gasteiger partial charge in [0.15, 0.2) is 0 Å². The lowest BCUT2D eigenvalue weighted by Gasteiger charge is -2.36. The second-order valence-electron chi connectivity index (χ2n) is 31.0. The first-order chi connectivity index (χ1) is 49.0. The largest absolute Gasteiger partial charge is 0.466 e. The Morgan fingerprint density at radius 1 is 0.320 bits per heavy atom. The zero-order valence-electron chi connectivity index (χ0n) is 68.1. The Balaban J connectivity index is 5.59. The molecule has 0 saturated heterocycles. The number of hydrogen-bond acceptors (Lipinski definition) is 12. The van der Waals surface area contributed by atoms with Gasteiger partial charge in [-0.25, -0.2) is 0 Å². The summed E-state index contributed by atoms with van der Waals surface area (Å²) in [5.74, 6) is 0.456. The van der Waals surface area contributed by atoms with Crippen molar-refractivity contribution in [1.29, 1.82) is 0 Å². The molecule has 0 rings (SSSR count). The minimum Gasteiger partial charge on any atom is -0.466 e. The topological polar surface area (TPSA) is 141 Å². The molecule has 12 nitrogen and oxygen atoms in total. The molecule has 0 amide bonds. The number of unbranched alkanes of at least 4 members (excludes halogenated alkanes) is 43. The van der Waals surface area contributed by atoms with Crippen molar-refractivity contribution in [2.75, 3.05) is 66.7 Å². The van der Waals surface area contributed by atoms with E-state index in [9.17, 15) is 24.3 Å². The van der Waals surface area contributed by atoms with E-state index in [0.29, 0.717) is 51.4 Å². The highest BCUT2D eigenvalue weighted by Gasteiger charge is 2.34. The van der Waals surface area contributed by atoms with Gasteiger partial charge in [0, 0.05) is 39.3 Å². The Morgan fingerprint density at radius 2 is 0.650 bits per heavy atom. The van der Waals surface area contributed by atoms with Crippen LogP contribution in [0.2, 0.25) is 0 Å². The maximum atomic E-state index is 14.2. The fraction of sp³-hybridized carbons (Fsp3) is 0.955. The highest BCUT2D eigenvalue weighted by Crippen LogP contribution is 2.37. The van der Waals surface area contributed by atoms with Crippen LogP contribution in [0.1, 0.15) is 446 Å². The third kappa shape index (κ3) is 66.4. The summed E-state index contributed by atoms with van der Waals surface area (Å²) in [6, 6.07) is 0. The average molecular weight is 1420 g/mol. The van der Waals surface area contributed by atoms with Crippen LogP contribution in [0.25, 0.3) is 0 Å². The van der Waals surface area contributed by atoms with Gasteiger partial charge in [-0.1, -0.05) is 311 Å². The van der Waals surface area contributed by atoms with Crippen molar-refractivity contribution in [2.45, 2.75) is 464 Å². The van der Waals surface area contributed by atoms with Crippen LogP contribution in [0.15, 0.2) is 0 Å². The predicted octanol–water partition coefficient (Wildman–Crippen LogP) is 25.1. The predicted molar refractivity (Wildman–Crippen MR) is 425 cm³/mol. The first kappa shape index (κ1) is 97.7. The molecule has 0 aliphatic rings. The highest BCUT2D eigenvalue weighted by atomic mass is 16.6. The monoisotopic (exact) mass is 1420 g/mol. The van der Waals surface area contributed by atoms with Crippen molar-refractivity contribution in [2.24, 2.45) is 11.8 Å². The van der Waals surface area contributed by atoms with Crippen LogP contribution in [0, 0.1) is 11.8 Å². The zero-order valence-corrected chi connectivity index (χ0v) is 68.1. The van der Waals surface area contributed by atoms with E-state index in [4.69, 9.17) is 23.7 Å². The van der Waals surface area contributed by atoms with Crippen LogP contribution in [0.5, 0.6) is 0 Å². The SMILES string of the molecule is CCCCCCCCC(CC(CCCCCC)C(CCCCCCC)C(CCCCCCCC)OC(=O)CCCCCCCN(C)CCCCCCCCCC(=O)OCCCCCCC)OC(=O)CCCCCCCN(CCO)CCCCCCCC(=O)OCC(CCCCCCC)OC. The summed E-state index contributed by atoms with van der Waals surface area (Å²) in [6.07, 6.45) is 69.5. The molecule has 0 aliphatic heterocycles. The first-order valence-corrected chi connectivity index (χ1v) is 44.3. The normalized spacial score (nSPS) is 13.3. The Morgan fingerprint density at radius 3 is 1.09 bits per heavy atom. The summed E-state index contributed by atoms with van der Waals surface area (Å²) in [5, 5.41) is 9.88. The molecule has 0 spiro atoms. The number of rotatable bonds is 82. The first-order valence-electron chi connectivity index (χ1n) is 44.3. The van der Waals surface area contributed by atoms with E-state index < -0.39 is 0 Å². The molecular formula is C88H172N2O10. The van der Waals surface area contributed by atoms with Crippen LogP contribution >= 0.6 is 0 Å². The van der Waals surface area contributed by atoms with E-state index in [1.165, 1.54) is 205 Å². The number of esters is 4. The van der Waals surface area contributed by atoms with Gasteiger partial charge in [0.25, 0.3) is 0 Å². The molecule has 0 fully saturated rings. The minimum absolute atomic E-state index is 0.00327. The molecular weight excluding hydrogens is 1240 g/mol. The molecule has 0 bridgehead atoms. The number of ether oxygens (including phenoxy) is 5. The van der Waals surface area contributed by atoms with Gasteiger partial charge in [-0.3, -0.25) is 19.2 Å². The third-order valence-corrected chi connectivity index (χ3v) is 21.4. The quantitative estimate of drug-likeness (QED) is 0.0352. The lowest BCUT2D eigenvalue weighted by molar-refractivity contribution is -0.155. The van der Waals surface area contributed by atoms with Gasteiger partial charge in [-0.2, -0.15) is 0 Å². The van der Waals surface area contributed by atoms with Crippen molar-refractivity contribution >= 4 is 23.9 Å². The number of methoxy groups -OCH3 is 1. The fourth-order valence-electron chi connectivity index (χ4n) is 14.8. The zero-order chi connectivity index (χ0) is 73.1. The van der Waals surface area contributed by atoms with Crippen LogP contribution in [-0.4, -0.2) is 124 Å². The highest BCUT2D eigenvalue weighted by molar-refractivity contribution is 5.70. The lowest BCUT2D eigenvalue weighted by atomic mass is 9.75. The molecule has 12 heteroatoms. The number of carbonyl (C=O) groups excluding carboxylic acids is 4. The minimum atomic E-state index is -0.112. The van der Waals surface area contributed by atoms with Gasteiger partial charge in [0.1, 0.15) is 18.8 Å². The molecule has 0 aromatic carbocycles. The van der Waals surface area contributed by atoms with E-state index in [1.54, 1.807) is 7.11 Å². The molecule has 5 atom stereocenters. The van der Waals surface area contributed by atoms with Crippen LogP contribution in [-0.2, 0) is 42.9 Å². The second-order valence-corrected chi connectivity index (χ2v) is 31.0. The Labute approximate surface area is 621 Å². The van der Waals surface area contributed by atoms with Gasteiger partial charge in [-0.15, -0.1) is 0 Å². The molecule has 100 heavy (non-hydrogen) atoms. The summed E-state index contributed by atoms with van der Waals surface area (Å²) in [6.45, 7) is 19.7. The van der Waals surface area contributed by atoms with Crippen molar-refractivity contribution in [3.63, 3.8) is 0 Å². The lowest BCUT2D eigenvalue weighted by Crippen LogP contribution is -2.35. The van der Waals surface area contributed by atoms with Gasteiger partial charge in [0.05, 0.1) is 19.3 Å². The summed E-state index contributed by atoms with van der Waals surface area (Å²) in [4.78, 5) is 57.7. The van der Waals surface area contributed by atoms with Crippen molar-refractivity contribution in [1.82, 2.24) is 9.80 Å². The summed E-state index contributed by atoms with van der Waals surface area (Å²) < 4.78 is 30.1. The molecule has 1 N–H and O–H groups in total. The Hall–Kier alpha value is -2.28. The smallest absolute Gasteiger partial charge is 0.306 e. The number of aliphatic hydroxyl groups excluding tert-OH is 1. The number of carbonyl (C=O) groups is 4. The van der Waals surface area contributed by atoms with E-state index in [1.807, 2.05) is 0 Å².